The molecule has 212 valence electrons. The minimum Gasteiger partial charge on any atom is -0.332 e. The second-order valence-corrected chi connectivity index (χ2v) is 13.1. The van der Waals surface area contributed by atoms with E-state index >= 15 is 0 Å². The highest BCUT2D eigenvalue weighted by atomic mass is 32.1. The van der Waals surface area contributed by atoms with Gasteiger partial charge in [-0.15, -0.1) is 11.3 Å². The molecule has 6 aromatic carbocycles. The first-order chi connectivity index (χ1) is 22.3. The number of fused-ring (bicyclic) bond motifs is 10. The summed E-state index contributed by atoms with van der Waals surface area (Å²) in [5.74, 6) is 0.316. The standard InChI is InChI=1S/C42H28N2S/c1-6-19-36(44-39-22-9-4-17-32(39)34-24-25-35-33-18-5-10-23-40(33)45-42(35)41(34)44)29(14-1)27-12-11-13-28(26-27)43-37-20-7-2-15-30(37)31-16-3-8-21-38(31)43/h1-26,32,39H. The van der Waals surface area contributed by atoms with Crippen LogP contribution in [0.4, 0.5) is 11.4 Å². The Hall–Kier alpha value is -5.38. The summed E-state index contributed by atoms with van der Waals surface area (Å²) in [4.78, 5) is 2.63. The van der Waals surface area contributed by atoms with Gasteiger partial charge in [0.2, 0.25) is 0 Å². The van der Waals surface area contributed by atoms with Crippen LogP contribution in [0.15, 0.2) is 158 Å². The summed E-state index contributed by atoms with van der Waals surface area (Å²) >= 11 is 1.92. The summed E-state index contributed by atoms with van der Waals surface area (Å²) in [6, 6.07) is 49.3. The predicted molar refractivity (Wildman–Crippen MR) is 192 cm³/mol. The van der Waals surface area contributed by atoms with Crippen molar-refractivity contribution in [3.05, 3.63) is 163 Å². The molecule has 2 atom stereocenters. The number of para-hydroxylation sites is 3. The van der Waals surface area contributed by atoms with Crippen LogP contribution in [0.3, 0.4) is 0 Å². The number of nitrogens with zero attached hydrogens (tertiary/aromatic N) is 2. The molecule has 0 N–H and O–H groups in total. The Labute approximate surface area is 265 Å². The maximum atomic E-state index is 2.63. The van der Waals surface area contributed by atoms with Gasteiger partial charge in [-0.3, -0.25) is 0 Å². The van der Waals surface area contributed by atoms with E-state index in [1.54, 1.807) is 0 Å². The number of hydrogen-bond acceptors (Lipinski definition) is 2. The fraction of sp³-hybridized carbons (Fsp3) is 0.0476. The monoisotopic (exact) mass is 592 g/mol. The molecule has 1 aliphatic heterocycles. The van der Waals surface area contributed by atoms with E-state index in [1.807, 2.05) is 11.3 Å². The first-order valence-electron chi connectivity index (χ1n) is 15.6. The third kappa shape index (κ3) is 3.56. The summed E-state index contributed by atoms with van der Waals surface area (Å²) < 4.78 is 5.13. The zero-order chi connectivity index (χ0) is 29.5. The highest BCUT2D eigenvalue weighted by molar-refractivity contribution is 7.26. The highest BCUT2D eigenvalue weighted by Crippen LogP contribution is 2.55. The molecule has 0 saturated heterocycles. The molecular formula is C42H28N2S. The maximum Gasteiger partial charge on any atom is 0.0638 e. The molecule has 0 saturated carbocycles. The van der Waals surface area contributed by atoms with Gasteiger partial charge in [0, 0.05) is 49.1 Å². The molecule has 0 fully saturated rings. The van der Waals surface area contributed by atoms with Gasteiger partial charge in [0.1, 0.15) is 0 Å². The van der Waals surface area contributed by atoms with Gasteiger partial charge in [0.15, 0.2) is 0 Å². The lowest BCUT2D eigenvalue weighted by Gasteiger charge is -2.31. The molecule has 0 bridgehead atoms. The van der Waals surface area contributed by atoms with Gasteiger partial charge in [-0.05, 0) is 47.5 Å². The van der Waals surface area contributed by atoms with Crippen molar-refractivity contribution in [2.24, 2.45) is 0 Å². The van der Waals surface area contributed by atoms with Crippen LogP contribution >= 0.6 is 11.3 Å². The third-order valence-electron chi connectivity index (χ3n) is 9.71. The van der Waals surface area contributed by atoms with E-state index in [-0.39, 0.29) is 6.04 Å². The molecule has 3 heteroatoms. The van der Waals surface area contributed by atoms with Crippen molar-refractivity contribution in [1.82, 2.24) is 4.57 Å². The Kier molecular flexibility index (Phi) is 5.31. The molecule has 0 amide bonds. The largest absolute Gasteiger partial charge is 0.332 e. The third-order valence-corrected chi connectivity index (χ3v) is 10.9. The minimum absolute atomic E-state index is 0.225. The van der Waals surface area contributed by atoms with E-state index in [0.29, 0.717) is 5.92 Å². The van der Waals surface area contributed by atoms with Crippen molar-refractivity contribution in [2.45, 2.75) is 12.0 Å². The van der Waals surface area contributed by atoms with Crippen LogP contribution in [0.25, 0.3) is 58.8 Å². The van der Waals surface area contributed by atoms with Crippen LogP contribution in [-0.2, 0) is 0 Å². The number of hydrogen-bond donors (Lipinski definition) is 0. The quantitative estimate of drug-likeness (QED) is 0.198. The molecule has 2 nitrogen and oxygen atoms in total. The van der Waals surface area contributed by atoms with Crippen LogP contribution < -0.4 is 4.90 Å². The second-order valence-electron chi connectivity index (χ2n) is 12.1. The first-order valence-corrected chi connectivity index (χ1v) is 16.4. The molecule has 0 radical (unpaired) electrons. The summed E-state index contributed by atoms with van der Waals surface area (Å²) in [5.41, 5.74) is 10.1. The number of benzene rings is 6. The molecule has 2 aromatic heterocycles. The van der Waals surface area contributed by atoms with Gasteiger partial charge in [0.05, 0.1) is 27.5 Å². The Bertz CT molecular complexity index is 2470. The van der Waals surface area contributed by atoms with Crippen molar-refractivity contribution in [2.75, 3.05) is 4.90 Å². The van der Waals surface area contributed by atoms with Crippen LogP contribution in [0.2, 0.25) is 0 Å². The van der Waals surface area contributed by atoms with Gasteiger partial charge >= 0.3 is 0 Å². The first kappa shape index (κ1) is 25.0. The smallest absolute Gasteiger partial charge is 0.0638 e. The van der Waals surface area contributed by atoms with E-state index < -0.39 is 0 Å². The summed E-state index contributed by atoms with van der Waals surface area (Å²) in [7, 11) is 0. The van der Waals surface area contributed by atoms with Gasteiger partial charge in [-0.25, -0.2) is 0 Å². The lowest BCUT2D eigenvalue weighted by molar-refractivity contribution is 0.745. The van der Waals surface area contributed by atoms with Crippen LogP contribution in [0.1, 0.15) is 11.5 Å². The van der Waals surface area contributed by atoms with E-state index in [9.17, 15) is 0 Å². The molecular weight excluding hydrogens is 565 g/mol. The molecule has 45 heavy (non-hydrogen) atoms. The van der Waals surface area contributed by atoms with Gasteiger partial charge in [-0.1, -0.05) is 121 Å². The molecule has 8 aromatic rings. The maximum absolute atomic E-state index is 2.63. The Balaban J connectivity index is 1.20. The van der Waals surface area contributed by atoms with Crippen molar-refractivity contribution < 1.29 is 0 Å². The average Bonchev–Trinajstić information content (AvgIpc) is 3.76. The highest BCUT2D eigenvalue weighted by Gasteiger charge is 2.40. The van der Waals surface area contributed by atoms with E-state index in [4.69, 9.17) is 0 Å². The van der Waals surface area contributed by atoms with Crippen LogP contribution in [-0.4, -0.2) is 10.6 Å². The number of aromatic nitrogens is 1. The van der Waals surface area contributed by atoms with Crippen molar-refractivity contribution in [3.63, 3.8) is 0 Å². The topological polar surface area (TPSA) is 8.17 Å². The summed E-state index contributed by atoms with van der Waals surface area (Å²) in [6.07, 6.45) is 9.20. The zero-order valence-electron chi connectivity index (χ0n) is 24.5. The van der Waals surface area contributed by atoms with E-state index in [0.717, 1.165) is 0 Å². The van der Waals surface area contributed by atoms with Crippen molar-refractivity contribution >= 4 is 64.7 Å². The molecule has 2 unspecified atom stereocenters. The average molecular weight is 593 g/mol. The van der Waals surface area contributed by atoms with Gasteiger partial charge < -0.3 is 9.47 Å². The van der Waals surface area contributed by atoms with Gasteiger partial charge in [0.25, 0.3) is 0 Å². The van der Waals surface area contributed by atoms with E-state index in [1.165, 1.54) is 75.7 Å². The molecule has 2 aliphatic rings. The number of thiophene rings is 1. The normalized spacial score (nSPS) is 17.1. The molecule has 3 heterocycles. The molecule has 1 aliphatic carbocycles. The second kappa shape index (κ2) is 9.56. The Morgan fingerprint density at radius 2 is 1.27 bits per heavy atom. The fourth-order valence-electron chi connectivity index (χ4n) is 7.81. The number of anilines is 2. The van der Waals surface area contributed by atoms with Crippen LogP contribution in [0.5, 0.6) is 0 Å². The summed E-state index contributed by atoms with van der Waals surface area (Å²) in [6.45, 7) is 0. The number of rotatable bonds is 3. The van der Waals surface area contributed by atoms with Gasteiger partial charge in [-0.2, -0.15) is 0 Å². The summed E-state index contributed by atoms with van der Waals surface area (Å²) in [5, 5.41) is 5.25. The van der Waals surface area contributed by atoms with Crippen LogP contribution in [0, 0.1) is 0 Å². The lowest BCUT2D eigenvalue weighted by Crippen LogP contribution is -2.29. The minimum atomic E-state index is 0.225. The van der Waals surface area contributed by atoms with Crippen molar-refractivity contribution in [3.8, 4) is 16.8 Å². The molecule has 10 rings (SSSR count). The molecule has 0 spiro atoms. The van der Waals surface area contributed by atoms with Crippen molar-refractivity contribution in [1.29, 1.82) is 0 Å². The fourth-order valence-corrected chi connectivity index (χ4v) is 9.06. The lowest BCUT2D eigenvalue weighted by atomic mass is 9.91. The Morgan fingerprint density at radius 1 is 0.556 bits per heavy atom. The SMILES string of the molecule is C1=CC2c3ccc4c(sc5ccccc54)c3N(c3ccccc3-c3cccc(-n4c5ccccc5c5ccccc54)c3)C2C=C1. The zero-order valence-corrected chi connectivity index (χ0v) is 25.3. The Morgan fingerprint density at radius 3 is 2.11 bits per heavy atom. The number of allylic oxidation sites excluding steroid dienone is 2. The van der Waals surface area contributed by atoms with E-state index in [2.05, 4.69) is 167 Å². The predicted octanol–water partition coefficient (Wildman–Crippen LogP) is 11.5.